The van der Waals surface area contributed by atoms with Crippen LogP contribution in [0.1, 0.15) is 51.0 Å². The Hall–Kier alpha value is -3.17. The summed E-state index contributed by atoms with van der Waals surface area (Å²) < 4.78 is 129. The zero-order valence-electron chi connectivity index (χ0n) is 21.5. The zero-order valence-corrected chi connectivity index (χ0v) is 21.5. The second-order valence-electron chi connectivity index (χ2n) is 10.3. The molecule has 0 N–H and O–H groups in total. The molecule has 0 aliphatic heterocycles. The number of hydrogen-bond acceptors (Lipinski definition) is 1. The Labute approximate surface area is 226 Å². The highest BCUT2D eigenvalue weighted by molar-refractivity contribution is 5.72. The van der Waals surface area contributed by atoms with Gasteiger partial charge in [0.2, 0.25) is 0 Å². The fourth-order valence-corrected chi connectivity index (χ4v) is 5.47. The Kier molecular flexibility index (Phi) is 8.75. The number of hydrogen-bond donors (Lipinski definition) is 0. The maximum Gasteiger partial charge on any atom is 0.573 e. The van der Waals surface area contributed by atoms with E-state index in [-0.39, 0.29) is 16.7 Å². The third-order valence-corrected chi connectivity index (χ3v) is 7.41. The summed E-state index contributed by atoms with van der Waals surface area (Å²) in [7, 11) is 0. The summed E-state index contributed by atoms with van der Waals surface area (Å²) >= 11 is 0. The number of benzene rings is 3. The van der Waals surface area contributed by atoms with Crippen LogP contribution >= 0.6 is 0 Å². The second kappa shape index (κ2) is 11.7. The van der Waals surface area contributed by atoms with Gasteiger partial charge in [-0.3, -0.25) is 0 Å². The molecule has 0 atom stereocenters. The summed E-state index contributed by atoms with van der Waals surface area (Å²) in [6.07, 6.45) is -1.48. The second-order valence-corrected chi connectivity index (χ2v) is 10.3. The van der Waals surface area contributed by atoms with Crippen LogP contribution < -0.4 is 4.74 Å². The topological polar surface area (TPSA) is 9.23 Å². The van der Waals surface area contributed by atoms with Crippen LogP contribution in [0.15, 0.2) is 48.5 Å². The van der Waals surface area contributed by atoms with Gasteiger partial charge in [0.05, 0.1) is 5.56 Å². The van der Waals surface area contributed by atoms with Crippen molar-refractivity contribution in [2.45, 2.75) is 64.2 Å². The van der Waals surface area contributed by atoms with E-state index in [0.717, 1.165) is 56.0 Å². The number of ether oxygens (including phenoxy) is 1. The minimum Gasteiger partial charge on any atom is -0.403 e. The summed E-state index contributed by atoms with van der Waals surface area (Å²) in [4.78, 5) is 0. The molecule has 0 aromatic heterocycles. The molecule has 1 nitrogen and oxygen atoms in total. The smallest absolute Gasteiger partial charge is 0.403 e. The zero-order chi connectivity index (χ0) is 29.2. The van der Waals surface area contributed by atoms with Crippen molar-refractivity contribution in [2.75, 3.05) is 0 Å². The monoisotopic (exact) mass is 574 g/mol. The molecule has 0 radical (unpaired) electrons. The minimum atomic E-state index is -5.16. The van der Waals surface area contributed by atoms with Crippen molar-refractivity contribution in [3.05, 3.63) is 77.4 Å². The van der Waals surface area contributed by atoms with Gasteiger partial charge in [0, 0.05) is 17.9 Å². The van der Waals surface area contributed by atoms with Crippen molar-refractivity contribution >= 4 is 0 Å². The van der Waals surface area contributed by atoms with Crippen molar-refractivity contribution in [3.8, 4) is 28.0 Å². The van der Waals surface area contributed by atoms with Gasteiger partial charge in [-0.05, 0) is 78.6 Å². The largest absolute Gasteiger partial charge is 0.573 e. The van der Waals surface area contributed by atoms with E-state index in [1.807, 2.05) is 0 Å². The van der Waals surface area contributed by atoms with E-state index in [2.05, 4.69) is 11.7 Å². The Morgan fingerprint density at radius 3 is 1.90 bits per heavy atom. The maximum atomic E-state index is 15.0. The van der Waals surface area contributed by atoms with E-state index >= 15 is 0 Å². The normalized spacial score (nSPS) is 18.1. The lowest BCUT2D eigenvalue weighted by Gasteiger charge is -2.33. The predicted octanol–water partition coefficient (Wildman–Crippen LogP) is 10.3. The molecule has 0 bridgehead atoms. The molecule has 3 aromatic carbocycles. The molecule has 216 valence electrons. The predicted molar refractivity (Wildman–Crippen MR) is 133 cm³/mol. The molecule has 0 unspecified atom stereocenters. The van der Waals surface area contributed by atoms with E-state index in [0.29, 0.717) is 30.9 Å². The van der Waals surface area contributed by atoms with Crippen molar-refractivity contribution < 1.29 is 44.3 Å². The molecule has 1 fully saturated rings. The highest BCUT2D eigenvalue weighted by atomic mass is 19.4. The van der Waals surface area contributed by atoms with Crippen molar-refractivity contribution in [3.63, 3.8) is 0 Å². The standard InChI is InChI=1S/C30H27F9O/c1-2-3-17-4-8-21(9-5-17)29(35,36)16-18-6-10-22(23(31)12-18)20-14-25(33)28(26(34)15-20)19-7-11-27(24(32)13-19)40-30(37,38)39/h6-7,10-15,17,21H,2-5,8-9,16H2,1H3. The van der Waals surface area contributed by atoms with Gasteiger partial charge in [0.15, 0.2) is 11.6 Å². The molecule has 0 saturated heterocycles. The van der Waals surface area contributed by atoms with Gasteiger partial charge in [-0.25, -0.2) is 26.3 Å². The van der Waals surface area contributed by atoms with Crippen molar-refractivity contribution in [2.24, 2.45) is 11.8 Å². The van der Waals surface area contributed by atoms with Crippen molar-refractivity contribution in [1.82, 2.24) is 0 Å². The molecular formula is C30H27F9O. The molecule has 0 spiro atoms. The summed E-state index contributed by atoms with van der Waals surface area (Å²) in [5.41, 5.74) is -1.57. The van der Waals surface area contributed by atoms with Crippen LogP contribution in [0.25, 0.3) is 22.3 Å². The Morgan fingerprint density at radius 2 is 1.35 bits per heavy atom. The first kappa shape index (κ1) is 29.8. The third-order valence-electron chi connectivity index (χ3n) is 7.41. The van der Waals surface area contributed by atoms with Crippen LogP contribution in [0.2, 0.25) is 0 Å². The summed E-state index contributed by atoms with van der Waals surface area (Å²) in [5, 5.41) is 0. The van der Waals surface area contributed by atoms with Gasteiger partial charge in [-0.15, -0.1) is 13.2 Å². The van der Waals surface area contributed by atoms with E-state index in [4.69, 9.17) is 0 Å². The number of alkyl halides is 5. The van der Waals surface area contributed by atoms with Gasteiger partial charge in [-0.1, -0.05) is 38.0 Å². The molecule has 1 aliphatic carbocycles. The van der Waals surface area contributed by atoms with Gasteiger partial charge in [-0.2, -0.15) is 0 Å². The van der Waals surface area contributed by atoms with E-state index < -0.39 is 64.8 Å². The van der Waals surface area contributed by atoms with Gasteiger partial charge >= 0.3 is 6.36 Å². The summed E-state index contributed by atoms with van der Waals surface area (Å²) in [6.45, 7) is 2.07. The lowest BCUT2D eigenvalue weighted by Crippen LogP contribution is -2.34. The molecule has 1 saturated carbocycles. The molecule has 4 rings (SSSR count). The lowest BCUT2D eigenvalue weighted by atomic mass is 9.76. The van der Waals surface area contributed by atoms with E-state index in [1.54, 1.807) is 0 Å². The van der Waals surface area contributed by atoms with Crippen LogP contribution in [0.4, 0.5) is 39.5 Å². The molecule has 0 amide bonds. The highest BCUT2D eigenvalue weighted by Gasteiger charge is 2.41. The summed E-state index contributed by atoms with van der Waals surface area (Å²) in [5.74, 6) is -9.44. The van der Waals surface area contributed by atoms with Gasteiger partial charge < -0.3 is 4.74 Å². The average Bonchev–Trinajstić information content (AvgIpc) is 2.85. The van der Waals surface area contributed by atoms with Gasteiger partial charge in [0.25, 0.3) is 5.92 Å². The molecule has 0 heterocycles. The molecule has 40 heavy (non-hydrogen) atoms. The van der Waals surface area contributed by atoms with Crippen LogP contribution in [-0.2, 0) is 6.42 Å². The Balaban J connectivity index is 1.52. The highest BCUT2D eigenvalue weighted by Crippen LogP contribution is 2.42. The molecule has 3 aromatic rings. The Morgan fingerprint density at radius 1 is 0.725 bits per heavy atom. The molecule has 10 heteroatoms. The molecule has 1 aliphatic rings. The van der Waals surface area contributed by atoms with Crippen molar-refractivity contribution in [1.29, 1.82) is 0 Å². The quantitative estimate of drug-likeness (QED) is 0.243. The third kappa shape index (κ3) is 6.93. The number of halogens is 9. The lowest BCUT2D eigenvalue weighted by molar-refractivity contribution is -0.275. The fraction of sp³-hybridized carbons (Fsp3) is 0.400. The molecular weight excluding hydrogens is 547 g/mol. The average molecular weight is 575 g/mol. The van der Waals surface area contributed by atoms with E-state index in [1.165, 1.54) is 6.07 Å². The van der Waals surface area contributed by atoms with E-state index in [9.17, 15) is 39.5 Å². The van der Waals surface area contributed by atoms with Gasteiger partial charge in [0.1, 0.15) is 17.5 Å². The first-order valence-corrected chi connectivity index (χ1v) is 13.0. The Bertz CT molecular complexity index is 1320. The van der Waals surface area contributed by atoms with Crippen LogP contribution in [0.3, 0.4) is 0 Å². The minimum absolute atomic E-state index is 0.0520. The first-order valence-electron chi connectivity index (χ1n) is 13.0. The number of rotatable bonds is 8. The van der Waals surface area contributed by atoms with Crippen LogP contribution in [-0.4, -0.2) is 12.3 Å². The SMILES string of the molecule is CCCC1CCC(C(F)(F)Cc2ccc(-c3cc(F)c(-c4ccc(OC(F)(F)F)c(F)c4)c(F)c3)c(F)c2)CC1. The maximum absolute atomic E-state index is 15.0. The van der Waals surface area contributed by atoms with Crippen LogP contribution in [0, 0.1) is 35.1 Å². The summed E-state index contributed by atoms with van der Waals surface area (Å²) in [6, 6.07) is 6.82. The first-order chi connectivity index (χ1) is 18.8. The fourth-order valence-electron chi connectivity index (χ4n) is 5.47. The van der Waals surface area contributed by atoms with Crippen LogP contribution in [0.5, 0.6) is 5.75 Å².